The zero-order valence-electron chi connectivity index (χ0n) is 5.46. The summed E-state index contributed by atoms with van der Waals surface area (Å²) in [5.41, 5.74) is 0. The lowest BCUT2D eigenvalue weighted by atomic mass is 10.4. The van der Waals surface area contributed by atoms with Gasteiger partial charge in [0.25, 0.3) is 0 Å². The van der Waals surface area contributed by atoms with Gasteiger partial charge in [0.05, 0.1) is 0 Å². The fourth-order valence-electron chi connectivity index (χ4n) is 0.259. The molecule has 0 aromatic carbocycles. The highest BCUT2D eigenvalue weighted by Crippen LogP contribution is 2.37. The molecule has 1 amide bonds. The Hall–Kier alpha value is -0.750. The lowest BCUT2D eigenvalue weighted by molar-refractivity contribution is -0.157. The Bertz CT molecular complexity index is 230. The molecular formula is C3H6NO6P. The van der Waals surface area contributed by atoms with Crippen molar-refractivity contribution in [3.05, 3.63) is 0 Å². The smallest absolute Gasteiger partial charge is 0.306 e. The number of hydroxylamine groups is 1. The minimum atomic E-state index is -5.05. The van der Waals surface area contributed by atoms with E-state index in [4.69, 9.17) is 15.0 Å². The maximum Gasteiger partial charge on any atom is 0.456 e. The molecular weight excluding hydrogens is 177 g/mol. The van der Waals surface area contributed by atoms with E-state index in [2.05, 4.69) is 0 Å². The molecule has 0 radical (unpaired) electrons. The van der Waals surface area contributed by atoms with Crippen LogP contribution in [0.25, 0.3) is 0 Å². The summed E-state index contributed by atoms with van der Waals surface area (Å²) in [6, 6.07) is 0. The van der Waals surface area contributed by atoms with Crippen molar-refractivity contribution in [2.75, 3.05) is 0 Å². The summed E-state index contributed by atoms with van der Waals surface area (Å²) in [5, 5.41) is 8.32. The molecule has 64 valence electrons. The highest BCUT2D eigenvalue weighted by Gasteiger charge is 2.31. The Labute approximate surface area is 61.4 Å². The Kier molecular flexibility index (Phi) is 2.89. The number of ketones is 1. The zero-order chi connectivity index (χ0) is 9.23. The average molecular weight is 183 g/mol. The molecule has 8 heteroatoms. The van der Waals surface area contributed by atoms with Gasteiger partial charge >= 0.3 is 13.7 Å². The van der Waals surface area contributed by atoms with Crippen LogP contribution in [-0.2, 0) is 14.2 Å². The van der Waals surface area contributed by atoms with Crippen LogP contribution in [0.3, 0.4) is 0 Å². The molecule has 3 N–H and O–H groups in total. The largest absolute Gasteiger partial charge is 0.456 e. The molecule has 0 saturated carbocycles. The first kappa shape index (κ1) is 10.2. The highest BCUT2D eigenvalue weighted by atomic mass is 31.2. The average Bonchev–Trinajstić information content (AvgIpc) is 1.82. The Morgan fingerprint density at radius 3 is 1.82 bits per heavy atom. The van der Waals surface area contributed by atoms with Gasteiger partial charge in [-0.1, -0.05) is 0 Å². The number of hydrogen-bond acceptors (Lipinski definition) is 4. The van der Waals surface area contributed by atoms with Crippen LogP contribution in [-0.4, -0.2) is 31.5 Å². The van der Waals surface area contributed by atoms with Crippen molar-refractivity contribution in [3.63, 3.8) is 0 Å². The second kappa shape index (κ2) is 3.10. The Morgan fingerprint density at radius 2 is 1.73 bits per heavy atom. The molecule has 0 atom stereocenters. The number of hydrogen-bond donors (Lipinski definition) is 3. The highest BCUT2D eigenvalue weighted by molar-refractivity contribution is 7.49. The van der Waals surface area contributed by atoms with Gasteiger partial charge in [-0.3, -0.25) is 14.8 Å². The minimum Gasteiger partial charge on any atom is -0.306 e. The van der Waals surface area contributed by atoms with Crippen molar-refractivity contribution in [3.8, 4) is 0 Å². The van der Waals surface area contributed by atoms with Crippen LogP contribution in [0, 0.1) is 0 Å². The summed E-state index contributed by atoms with van der Waals surface area (Å²) in [6.45, 7) is 0.779. The summed E-state index contributed by atoms with van der Waals surface area (Å²) in [6.07, 6.45) is 0. The van der Waals surface area contributed by atoms with E-state index < -0.39 is 24.3 Å². The van der Waals surface area contributed by atoms with E-state index in [1.165, 1.54) is 0 Å². The van der Waals surface area contributed by atoms with E-state index >= 15 is 0 Å². The molecule has 0 bridgehead atoms. The van der Waals surface area contributed by atoms with Crippen molar-refractivity contribution in [1.29, 1.82) is 0 Å². The number of carbonyl (C=O) groups is 2. The van der Waals surface area contributed by atoms with Gasteiger partial charge in [0.15, 0.2) is 0 Å². The van der Waals surface area contributed by atoms with Crippen molar-refractivity contribution >= 4 is 19.4 Å². The molecule has 0 unspecified atom stereocenters. The van der Waals surface area contributed by atoms with Crippen LogP contribution < -0.4 is 0 Å². The fourth-order valence-corrected chi connectivity index (χ4v) is 0.637. The van der Waals surface area contributed by atoms with E-state index in [0.29, 0.717) is 0 Å². The topological polar surface area (TPSA) is 115 Å². The monoisotopic (exact) mass is 183 g/mol. The molecule has 0 aliphatic rings. The molecule has 11 heavy (non-hydrogen) atoms. The molecule has 0 aliphatic heterocycles. The first-order valence-electron chi connectivity index (χ1n) is 2.36. The van der Waals surface area contributed by atoms with Crippen molar-refractivity contribution < 1.29 is 29.1 Å². The van der Waals surface area contributed by atoms with E-state index in [0.717, 1.165) is 6.92 Å². The zero-order valence-corrected chi connectivity index (χ0v) is 6.36. The van der Waals surface area contributed by atoms with Crippen molar-refractivity contribution in [2.24, 2.45) is 0 Å². The molecule has 0 saturated heterocycles. The van der Waals surface area contributed by atoms with Gasteiger partial charge in [-0.15, -0.1) is 4.83 Å². The van der Waals surface area contributed by atoms with Gasteiger partial charge in [0.2, 0.25) is 5.78 Å². The molecule has 0 aliphatic carbocycles. The number of amides is 1. The first-order valence-corrected chi connectivity index (χ1v) is 3.93. The predicted molar refractivity (Wildman–Crippen MR) is 31.4 cm³/mol. The summed E-state index contributed by atoms with van der Waals surface area (Å²) in [7, 11) is -5.05. The third-order valence-electron chi connectivity index (χ3n) is 0.730. The van der Waals surface area contributed by atoms with E-state index in [9.17, 15) is 14.2 Å². The van der Waals surface area contributed by atoms with Gasteiger partial charge in [-0.2, -0.15) is 0 Å². The number of Topliss-reactive ketones (excluding diaryl/α,β-unsaturated/α-hetero) is 1. The van der Waals surface area contributed by atoms with Crippen molar-refractivity contribution in [2.45, 2.75) is 6.92 Å². The SMILES string of the molecule is CC(=O)C(=O)N(O)P(=O)(O)O. The lowest BCUT2D eigenvalue weighted by Crippen LogP contribution is -2.29. The van der Waals surface area contributed by atoms with Crippen LogP contribution in [0.2, 0.25) is 0 Å². The summed E-state index contributed by atoms with van der Waals surface area (Å²) in [4.78, 5) is 35.8. The third-order valence-corrected chi connectivity index (χ3v) is 1.40. The second-order valence-corrected chi connectivity index (χ2v) is 3.07. The molecule has 0 aromatic rings. The van der Waals surface area contributed by atoms with E-state index in [1.54, 1.807) is 0 Å². The molecule has 0 rings (SSSR count). The molecule has 0 aromatic heterocycles. The predicted octanol–water partition coefficient (Wildman–Crippen LogP) is -1.11. The number of rotatable bonds is 2. The van der Waals surface area contributed by atoms with E-state index in [-0.39, 0.29) is 0 Å². The van der Waals surface area contributed by atoms with Crippen LogP contribution in [0.5, 0.6) is 0 Å². The summed E-state index contributed by atoms with van der Waals surface area (Å²) < 4.78 is 10.1. The first-order chi connectivity index (χ1) is 4.76. The maximum absolute atomic E-state index is 10.3. The van der Waals surface area contributed by atoms with Crippen LogP contribution in [0.15, 0.2) is 0 Å². The van der Waals surface area contributed by atoms with Crippen molar-refractivity contribution in [1.82, 2.24) is 4.83 Å². The normalized spacial score (nSPS) is 10.9. The van der Waals surface area contributed by atoms with Gasteiger partial charge in [-0.05, 0) is 0 Å². The number of carbonyl (C=O) groups excluding carboxylic acids is 2. The summed E-state index contributed by atoms with van der Waals surface area (Å²) in [5.74, 6) is -2.80. The summed E-state index contributed by atoms with van der Waals surface area (Å²) >= 11 is 0. The number of nitrogens with zero attached hydrogens (tertiary/aromatic N) is 1. The third kappa shape index (κ3) is 2.77. The fraction of sp³-hybridized carbons (Fsp3) is 0.333. The van der Waals surface area contributed by atoms with E-state index in [1.807, 2.05) is 0 Å². The molecule has 0 heterocycles. The lowest BCUT2D eigenvalue weighted by Gasteiger charge is -2.12. The van der Waals surface area contributed by atoms with Gasteiger partial charge in [-0.25, -0.2) is 4.57 Å². The quantitative estimate of drug-likeness (QED) is 0.216. The van der Waals surface area contributed by atoms with Crippen LogP contribution in [0.4, 0.5) is 0 Å². The minimum absolute atomic E-state index is 0.779. The van der Waals surface area contributed by atoms with Crippen LogP contribution in [0.1, 0.15) is 6.92 Å². The van der Waals surface area contributed by atoms with Gasteiger partial charge in [0.1, 0.15) is 0 Å². The maximum atomic E-state index is 10.3. The second-order valence-electron chi connectivity index (χ2n) is 1.66. The standard InChI is InChI=1S/C3H6NO6P/c1-2(5)3(6)4(7)11(8,9)10/h7H,1H3,(H2,8,9,10). The molecule has 0 spiro atoms. The Balaban J connectivity index is 4.52. The Morgan fingerprint density at radius 1 is 1.36 bits per heavy atom. The molecule has 0 fully saturated rings. The molecule has 7 nitrogen and oxygen atoms in total. The van der Waals surface area contributed by atoms with Crippen LogP contribution >= 0.6 is 7.75 Å². The van der Waals surface area contributed by atoms with Gasteiger partial charge < -0.3 is 9.79 Å². The van der Waals surface area contributed by atoms with Gasteiger partial charge in [0, 0.05) is 6.92 Å².